The lowest BCUT2D eigenvalue weighted by Gasteiger charge is -2.43. The Bertz CT molecular complexity index is 505. The highest BCUT2D eigenvalue weighted by molar-refractivity contribution is 5.97. The molecule has 2 heteroatoms. The minimum Gasteiger partial charge on any atom is -0.369 e. The predicted octanol–water partition coefficient (Wildman–Crippen LogP) is 6.01. The normalized spacial score (nSPS) is 16.5. The Hall–Kier alpha value is -1.15. The first kappa shape index (κ1) is 20.9. The molecule has 0 heterocycles. The van der Waals surface area contributed by atoms with Crippen molar-refractivity contribution >= 4 is 5.78 Å². The maximum atomic E-state index is 12.5. The zero-order valence-electron chi connectivity index (χ0n) is 16.8. The topological polar surface area (TPSA) is 26.3 Å². The van der Waals surface area contributed by atoms with Crippen molar-refractivity contribution in [1.82, 2.24) is 0 Å². The third-order valence-corrected chi connectivity index (χ3v) is 5.31. The Morgan fingerprint density at radius 2 is 1.54 bits per heavy atom. The summed E-state index contributed by atoms with van der Waals surface area (Å²) in [5.41, 5.74) is 1.01. The summed E-state index contributed by atoms with van der Waals surface area (Å²) in [5.74, 6) is 0.839. The van der Waals surface area contributed by atoms with Crippen LogP contribution < -0.4 is 0 Å². The minimum atomic E-state index is 0.0606. The number of carbonyl (C=O) groups is 1. The van der Waals surface area contributed by atoms with Gasteiger partial charge in [-0.25, -0.2) is 0 Å². The summed E-state index contributed by atoms with van der Waals surface area (Å²) in [6.45, 7) is 18.2. The SMILES string of the molecule is CCC(C(OCC(=O)c1ccccc1)C(C)C(C)(C)C)C(C)(C)C. The molecule has 0 saturated heterocycles. The lowest BCUT2D eigenvalue weighted by molar-refractivity contribution is -0.0739. The van der Waals surface area contributed by atoms with Crippen molar-refractivity contribution in [2.24, 2.45) is 22.7 Å². The van der Waals surface area contributed by atoms with Crippen LogP contribution in [0.1, 0.15) is 72.2 Å². The van der Waals surface area contributed by atoms with Crippen molar-refractivity contribution in [3.05, 3.63) is 35.9 Å². The Morgan fingerprint density at radius 1 is 1.00 bits per heavy atom. The van der Waals surface area contributed by atoms with Gasteiger partial charge < -0.3 is 4.74 Å². The number of Topliss-reactive ketones (excluding diaryl/α,β-unsaturated/α-hetero) is 1. The van der Waals surface area contributed by atoms with Gasteiger partial charge in [0.25, 0.3) is 0 Å². The van der Waals surface area contributed by atoms with E-state index in [2.05, 4.69) is 55.4 Å². The highest BCUT2D eigenvalue weighted by Crippen LogP contribution is 2.41. The van der Waals surface area contributed by atoms with Crippen molar-refractivity contribution in [2.45, 2.75) is 67.9 Å². The van der Waals surface area contributed by atoms with Gasteiger partial charge in [-0.2, -0.15) is 0 Å². The van der Waals surface area contributed by atoms with E-state index in [0.29, 0.717) is 11.8 Å². The molecule has 0 amide bonds. The first-order valence-electron chi connectivity index (χ1n) is 9.18. The molecule has 0 aliphatic rings. The number of rotatable bonds is 7. The first-order valence-corrected chi connectivity index (χ1v) is 9.18. The van der Waals surface area contributed by atoms with Crippen LogP contribution in [0.4, 0.5) is 0 Å². The highest BCUT2D eigenvalue weighted by Gasteiger charge is 2.39. The Labute approximate surface area is 149 Å². The maximum Gasteiger partial charge on any atom is 0.188 e. The van der Waals surface area contributed by atoms with Gasteiger partial charge in [-0.1, -0.05) is 92.1 Å². The number of carbonyl (C=O) groups excluding carboxylic acids is 1. The number of benzene rings is 1. The quantitative estimate of drug-likeness (QED) is 0.572. The number of ether oxygens (including phenoxy) is 1. The van der Waals surface area contributed by atoms with Crippen molar-refractivity contribution in [2.75, 3.05) is 6.61 Å². The van der Waals surface area contributed by atoms with Crippen LogP contribution in [0.5, 0.6) is 0 Å². The average Bonchev–Trinajstić information content (AvgIpc) is 2.49. The van der Waals surface area contributed by atoms with Gasteiger partial charge in [0.05, 0.1) is 6.10 Å². The molecule has 0 radical (unpaired) electrons. The maximum absolute atomic E-state index is 12.5. The zero-order valence-corrected chi connectivity index (χ0v) is 16.8. The fourth-order valence-electron chi connectivity index (χ4n) is 3.32. The largest absolute Gasteiger partial charge is 0.369 e. The van der Waals surface area contributed by atoms with Gasteiger partial charge in [-0.15, -0.1) is 0 Å². The van der Waals surface area contributed by atoms with E-state index in [1.165, 1.54) is 0 Å². The van der Waals surface area contributed by atoms with Crippen molar-refractivity contribution < 1.29 is 9.53 Å². The summed E-state index contributed by atoms with van der Waals surface area (Å²) in [5, 5.41) is 0. The number of hydrogen-bond donors (Lipinski definition) is 0. The van der Waals surface area contributed by atoms with Gasteiger partial charge in [0.1, 0.15) is 6.61 Å². The molecule has 0 bridgehead atoms. The molecular formula is C22H36O2. The van der Waals surface area contributed by atoms with Crippen LogP contribution >= 0.6 is 0 Å². The molecular weight excluding hydrogens is 296 g/mol. The summed E-state index contributed by atoms with van der Waals surface area (Å²) >= 11 is 0. The molecule has 0 N–H and O–H groups in total. The summed E-state index contributed by atoms with van der Waals surface area (Å²) in [6.07, 6.45) is 1.12. The molecule has 136 valence electrons. The molecule has 24 heavy (non-hydrogen) atoms. The second-order valence-electron chi connectivity index (χ2n) is 9.10. The molecule has 0 spiro atoms. The monoisotopic (exact) mass is 332 g/mol. The van der Waals surface area contributed by atoms with Gasteiger partial charge in [0, 0.05) is 5.56 Å². The van der Waals surface area contributed by atoms with Gasteiger partial charge in [0.2, 0.25) is 0 Å². The lowest BCUT2D eigenvalue weighted by Crippen LogP contribution is -2.43. The molecule has 0 saturated carbocycles. The number of hydrogen-bond acceptors (Lipinski definition) is 2. The summed E-state index contributed by atoms with van der Waals surface area (Å²) in [6, 6.07) is 9.43. The molecule has 0 fully saturated rings. The van der Waals surface area contributed by atoms with Crippen LogP contribution in [0, 0.1) is 22.7 Å². The standard InChI is InChI=1S/C22H36O2/c1-9-18(22(6,7)8)20(16(2)21(3,4)5)24-15-19(23)17-13-11-10-12-14-17/h10-14,16,18,20H,9,15H2,1-8H3. The fraction of sp³-hybridized carbons (Fsp3) is 0.682. The summed E-state index contributed by atoms with van der Waals surface area (Å²) < 4.78 is 6.28. The molecule has 0 aliphatic heterocycles. The van der Waals surface area contributed by atoms with E-state index in [9.17, 15) is 4.79 Å². The molecule has 3 atom stereocenters. The number of ketones is 1. The smallest absolute Gasteiger partial charge is 0.188 e. The highest BCUT2D eigenvalue weighted by atomic mass is 16.5. The Kier molecular flexibility index (Phi) is 7.22. The Balaban J connectivity index is 2.95. The van der Waals surface area contributed by atoms with Crippen LogP contribution in [0.2, 0.25) is 0 Å². The molecule has 3 unspecified atom stereocenters. The lowest BCUT2D eigenvalue weighted by atomic mass is 9.67. The van der Waals surface area contributed by atoms with Gasteiger partial charge >= 0.3 is 0 Å². The van der Waals surface area contributed by atoms with Crippen molar-refractivity contribution in [3.8, 4) is 0 Å². The van der Waals surface area contributed by atoms with E-state index in [0.717, 1.165) is 12.0 Å². The van der Waals surface area contributed by atoms with Crippen LogP contribution in [0.25, 0.3) is 0 Å². The first-order chi connectivity index (χ1) is 11.0. The second-order valence-corrected chi connectivity index (χ2v) is 9.10. The van der Waals surface area contributed by atoms with Crippen LogP contribution in [0.15, 0.2) is 30.3 Å². The van der Waals surface area contributed by atoms with Crippen LogP contribution in [0.3, 0.4) is 0 Å². The predicted molar refractivity (Wildman–Crippen MR) is 102 cm³/mol. The van der Waals surface area contributed by atoms with E-state index in [-0.39, 0.29) is 29.3 Å². The van der Waals surface area contributed by atoms with Gasteiger partial charge in [-0.3, -0.25) is 4.79 Å². The molecule has 2 nitrogen and oxygen atoms in total. The summed E-state index contributed by atoms with van der Waals surface area (Å²) in [4.78, 5) is 12.5. The van der Waals surface area contributed by atoms with Crippen molar-refractivity contribution in [3.63, 3.8) is 0 Å². The fourth-order valence-corrected chi connectivity index (χ4v) is 3.32. The third kappa shape index (κ3) is 5.73. The molecule has 1 aromatic rings. The third-order valence-electron chi connectivity index (χ3n) is 5.31. The molecule has 0 aromatic heterocycles. The van der Waals surface area contributed by atoms with Gasteiger partial charge in [0.15, 0.2) is 5.78 Å². The minimum absolute atomic E-state index is 0.0606. The van der Waals surface area contributed by atoms with E-state index >= 15 is 0 Å². The zero-order chi connectivity index (χ0) is 18.5. The average molecular weight is 333 g/mol. The Morgan fingerprint density at radius 3 is 1.96 bits per heavy atom. The van der Waals surface area contributed by atoms with E-state index in [1.54, 1.807) is 0 Å². The summed E-state index contributed by atoms with van der Waals surface area (Å²) in [7, 11) is 0. The van der Waals surface area contributed by atoms with Gasteiger partial charge in [-0.05, 0) is 22.7 Å². The van der Waals surface area contributed by atoms with E-state index in [4.69, 9.17) is 4.74 Å². The molecule has 1 rings (SSSR count). The van der Waals surface area contributed by atoms with E-state index < -0.39 is 0 Å². The van der Waals surface area contributed by atoms with E-state index in [1.807, 2.05) is 30.3 Å². The van der Waals surface area contributed by atoms with Crippen LogP contribution in [-0.2, 0) is 4.74 Å². The van der Waals surface area contributed by atoms with Crippen molar-refractivity contribution in [1.29, 1.82) is 0 Å². The molecule has 1 aromatic carbocycles. The second kappa shape index (κ2) is 8.29. The molecule has 0 aliphatic carbocycles. The van der Waals surface area contributed by atoms with Crippen LogP contribution in [-0.4, -0.2) is 18.5 Å².